The molecule has 75 heavy (non-hydrogen) atoms. The largest absolute Gasteiger partial charge is 1.00 e. The molecule has 0 fully saturated rings. The molecule has 0 atom stereocenters. The molecule has 44 heteroatoms. The molecule has 0 saturated carbocycles. The Morgan fingerprint density at radius 3 is 0.480 bits per heavy atom. The van der Waals surface area contributed by atoms with Gasteiger partial charge in [-0.2, -0.15) is 0 Å². The van der Waals surface area contributed by atoms with Crippen molar-refractivity contribution in [3.63, 3.8) is 0 Å². The molecule has 0 aliphatic heterocycles. The minimum atomic E-state index is -1.72. The van der Waals surface area contributed by atoms with Crippen LogP contribution in [0.5, 0.6) is 0 Å². The number of hydrogen-bond acceptors (Lipinski definition) is 1. The van der Waals surface area contributed by atoms with E-state index < -0.39 is 45.4 Å². The molecule has 470 valence electrons. The number of rotatable bonds is 16. The van der Waals surface area contributed by atoms with Crippen LogP contribution in [0, 0.1) is 0 Å². The van der Waals surface area contributed by atoms with Crippen LogP contribution >= 0.6 is 319 Å². The Kier molecular flexibility index (Phi) is 232. The van der Waals surface area contributed by atoms with Gasteiger partial charge in [-0.15, -0.1) is 113 Å². The first kappa shape index (κ1) is 154. The Balaban J connectivity index is -0.0000000209. The molecule has 0 aromatic carbocycles. The van der Waals surface area contributed by atoms with Crippen LogP contribution in [0.25, 0.3) is 0 Å². The van der Waals surface area contributed by atoms with Gasteiger partial charge in [0.25, 0.3) is 4.91 Å². The van der Waals surface area contributed by atoms with Gasteiger partial charge in [-0.3, -0.25) is 0 Å². The molecule has 5 nitrogen and oxygen atoms in total. The maximum absolute atomic E-state index is 5.98. The van der Waals surface area contributed by atoms with Crippen LogP contribution in [0.2, 0.25) is 0 Å². The first-order chi connectivity index (χ1) is 29.1. The first-order valence-corrected chi connectivity index (χ1v) is 60.3. The van der Waals surface area contributed by atoms with Crippen molar-refractivity contribution in [3.05, 3.63) is 0 Å². The molecule has 0 bridgehead atoms. The fourth-order valence-electron chi connectivity index (χ4n) is 3.93. The normalized spacial score (nSPS) is 9.28. The van der Waals surface area contributed by atoms with Gasteiger partial charge in [0.2, 0.25) is 4.96 Å². The van der Waals surface area contributed by atoms with Gasteiger partial charge in [0.1, 0.15) is 0 Å². The van der Waals surface area contributed by atoms with E-state index in [1.807, 2.05) is 47.9 Å². The Labute approximate surface area is 725 Å². The number of halogens is 30. The predicted molar refractivity (Wildman–Crippen MR) is 393 cm³/mol. The van der Waals surface area contributed by atoms with Gasteiger partial charge in [-0.25, -0.2) is 0 Å². The second-order valence-corrected chi connectivity index (χ2v) is 54.6. The maximum atomic E-state index is 5.98. The van der Waals surface area contributed by atoms with Crippen LogP contribution in [0.3, 0.4) is 0 Å². The molecular formula is C31H85Cl23I7Li3N5Si6+. The zero-order valence-electron chi connectivity index (χ0n) is 45.7. The van der Waals surface area contributed by atoms with Gasteiger partial charge in [0, 0.05) is 37.2 Å². The van der Waals surface area contributed by atoms with Crippen LogP contribution in [0.1, 0.15) is 90.5 Å². The molecule has 0 amide bonds. The van der Waals surface area contributed by atoms with Crippen molar-refractivity contribution >= 4 is 360 Å². The average Bonchev–Trinajstić information content (AvgIpc) is 3.19. The molecular weight excluding hydrogens is 2340 g/mol. The number of alkyl halides is 6. The zero-order chi connectivity index (χ0) is 54.7. The van der Waals surface area contributed by atoms with E-state index in [4.69, 9.17) is 213 Å². The maximum Gasteiger partial charge on any atom is 1.00 e. The van der Waals surface area contributed by atoms with Crippen molar-refractivity contribution in [2.24, 2.45) is 0 Å². The standard InChI is InChI=1S/3C6H16Cl2NSi.C6H15N.C4H10Cl2N.CHCl3.CH3I.CH4.2Cl3HSi.Cl2HISi.4ClH.I2.3HI.3Li/c3*1-4-9(5-2,6-3)10(7)8;1-4-7(5-2)6-3;1-7(2,3)4(5)6;2-1(3)4;1-2;;3*1-4(2)3;;;;;1-2;;;;;;/h3*10H,4-6H2,1-3H3;4-6H2,1-3H3;4H,1-3H3;1H;1H3;1H4;3*4H;4*1H;;3*1H;;;/q3*+1;;+1;;;;;;;;;;;;;;;3*+1/p-6. The quantitative estimate of drug-likeness (QED) is 0.0372. The fraction of sp³-hybridized carbons (Fsp3) is 1.00. The molecule has 0 rings (SSSR count). The summed E-state index contributed by atoms with van der Waals surface area (Å²) in [5, 5.41) is 0. The Bertz CT molecular complexity index is 741. The summed E-state index contributed by atoms with van der Waals surface area (Å²) < 4.78 is 2.64. The van der Waals surface area contributed by atoms with Gasteiger partial charge in [0.05, 0.1) is 80.0 Å². The van der Waals surface area contributed by atoms with Crippen molar-refractivity contribution in [2.45, 2.75) is 99.8 Å². The fourth-order valence-corrected chi connectivity index (χ4v) is 13.9. The molecule has 0 aliphatic rings. The van der Waals surface area contributed by atoms with Crippen LogP contribution in [-0.2, 0) is 0 Å². The van der Waals surface area contributed by atoms with Crippen molar-refractivity contribution in [1.29, 1.82) is 0 Å². The van der Waals surface area contributed by atoms with E-state index in [1.54, 1.807) is 0 Å². The SMILES string of the molecule is C.CCN(CC)CC.CC[N+](CC)(CC)[SiH](Cl)Cl.CC[N+](CC)(CC)[SiH](Cl)Cl.CC[N+](CC)(CC)[SiH](Cl)Cl.CI.C[N+](C)(C)C(Cl)Cl.ClC(Cl)Cl.Cl[SiH](Cl)Cl.Cl[SiH](Cl)Cl.Cl[SiH](Cl)I.I.II.[Cl-].[Cl-].[Cl-].[Cl-].[I-].[I-].[Li+].[Li+].[Li+]. The van der Waals surface area contributed by atoms with E-state index in [2.05, 4.69) is 148 Å². The van der Waals surface area contributed by atoms with E-state index in [9.17, 15) is 0 Å². The molecule has 0 spiro atoms. The van der Waals surface area contributed by atoms with Crippen molar-refractivity contribution in [2.75, 3.05) is 105 Å². The van der Waals surface area contributed by atoms with Crippen LogP contribution < -0.4 is 154 Å². The molecule has 0 radical (unpaired) electrons. The minimum Gasteiger partial charge on any atom is -1.00 e. The van der Waals surface area contributed by atoms with Crippen LogP contribution in [0.15, 0.2) is 0 Å². The summed E-state index contributed by atoms with van der Waals surface area (Å²) in [5.41, 5.74) is 0. The Morgan fingerprint density at radius 1 is 0.400 bits per heavy atom. The number of hydrogen-bond donors (Lipinski definition) is 0. The molecule has 0 N–H and O–H groups in total. The topological polar surface area (TPSA) is 3.24 Å². The van der Waals surface area contributed by atoms with Gasteiger partial charge in [0.15, 0.2) is 4.30 Å². The Morgan fingerprint density at radius 2 is 0.480 bits per heavy atom. The third kappa shape index (κ3) is 130. The summed E-state index contributed by atoms with van der Waals surface area (Å²) in [6.45, 7) is 35.6. The third-order valence-electron chi connectivity index (χ3n) is 8.84. The number of quaternary nitrogens is 4. The molecule has 0 aromatic heterocycles. The van der Waals surface area contributed by atoms with E-state index >= 15 is 0 Å². The monoisotopic (exact) mass is 2410 g/mol. The molecule has 0 aliphatic carbocycles. The van der Waals surface area contributed by atoms with Crippen molar-refractivity contribution < 1.29 is 171 Å². The van der Waals surface area contributed by atoms with E-state index in [1.165, 1.54) is 19.6 Å². The average molecular weight is 2420 g/mol. The van der Waals surface area contributed by atoms with Gasteiger partial charge < -0.3 is 119 Å². The van der Waals surface area contributed by atoms with Crippen molar-refractivity contribution in [1.82, 2.24) is 4.90 Å². The smallest absolute Gasteiger partial charge is 1.00 e. The Hall–Kier alpha value is 14.7. The first-order valence-electron chi connectivity index (χ1n) is 19.5. The zero-order valence-corrected chi connectivity index (χ0v) is 85.3. The predicted octanol–water partition coefficient (Wildman–Crippen LogP) is -7.47. The summed E-state index contributed by atoms with van der Waals surface area (Å²) in [5.74, 6) is 0. The second kappa shape index (κ2) is 113. The summed E-state index contributed by atoms with van der Waals surface area (Å²) >= 11 is 110. The molecule has 0 heterocycles. The van der Waals surface area contributed by atoms with Crippen LogP contribution in [-0.4, -0.2) is 177 Å². The second-order valence-electron chi connectivity index (χ2n) is 12.3. The van der Waals surface area contributed by atoms with E-state index in [0.717, 1.165) is 71.3 Å². The van der Waals surface area contributed by atoms with Gasteiger partial charge in [-0.05, 0) is 110 Å². The molecule has 0 unspecified atom stereocenters. The van der Waals surface area contributed by atoms with E-state index in [-0.39, 0.29) is 191 Å². The third-order valence-corrected chi connectivity index (χ3v) is 23.2. The molecule has 0 aromatic rings. The summed E-state index contributed by atoms with van der Waals surface area (Å²) in [4.78, 5) is 2.80. The molecule has 0 saturated heterocycles. The van der Waals surface area contributed by atoms with Crippen molar-refractivity contribution in [3.8, 4) is 0 Å². The van der Waals surface area contributed by atoms with Gasteiger partial charge >= 0.3 is 92.8 Å². The van der Waals surface area contributed by atoms with Crippen LogP contribution in [0.4, 0.5) is 0 Å². The van der Waals surface area contributed by atoms with Gasteiger partial charge in [-0.1, -0.05) is 174 Å². The summed E-state index contributed by atoms with van der Waals surface area (Å²) in [7, 11) is 1.19. The number of nitrogens with zero attached hydrogens (tertiary/aromatic N) is 5. The minimum absolute atomic E-state index is 0. The van der Waals surface area contributed by atoms with E-state index in [0.29, 0.717) is 4.48 Å². The summed E-state index contributed by atoms with van der Waals surface area (Å²) in [6, 6.07) is 0. The summed E-state index contributed by atoms with van der Waals surface area (Å²) in [6.07, 6.45) is 0.